The van der Waals surface area contributed by atoms with Crippen LogP contribution in [0.1, 0.15) is 37.6 Å². The van der Waals surface area contributed by atoms with E-state index in [1.165, 1.54) is 0 Å². The molecule has 0 saturated heterocycles. The number of benzene rings is 1. The molecule has 0 aliphatic carbocycles. The Morgan fingerprint density at radius 3 is 2.42 bits per heavy atom. The first-order chi connectivity index (χ1) is 8.59. The number of carbonyl (C=O) groups is 1. The number of ether oxygens (including phenoxy) is 1. The monoisotopic (exact) mass is 285 g/mol. The van der Waals surface area contributed by atoms with Gasteiger partial charge in [0.05, 0.1) is 5.56 Å². The van der Waals surface area contributed by atoms with Crippen molar-refractivity contribution in [3.05, 3.63) is 35.9 Å². The summed E-state index contributed by atoms with van der Waals surface area (Å²) in [4.78, 5) is 11.6. The third-order valence-corrected chi connectivity index (χ3v) is 2.66. The summed E-state index contributed by atoms with van der Waals surface area (Å²) in [6, 6.07) is 9.53. The summed E-state index contributed by atoms with van der Waals surface area (Å²) in [6.45, 7) is 7.67. The van der Waals surface area contributed by atoms with Crippen molar-refractivity contribution in [3.8, 4) is 0 Å². The van der Waals surface area contributed by atoms with Crippen LogP contribution in [0.15, 0.2) is 30.3 Å². The van der Waals surface area contributed by atoms with Crippen molar-refractivity contribution < 1.29 is 9.53 Å². The molecule has 1 aromatic rings. The summed E-state index contributed by atoms with van der Waals surface area (Å²) < 4.78 is 5.18. The highest BCUT2D eigenvalue weighted by molar-refractivity contribution is 5.89. The Morgan fingerprint density at radius 1 is 1.21 bits per heavy atom. The molecule has 0 aliphatic rings. The van der Waals surface area contributed by atoms with Crippen molar-refractivity contribution in [1.29, 1.82) is 0 Å². The third-order valence-electron chi connectivity index (χ3n) is 2.66. The summed E-state index contributed by atoms with van der Waals surface area (Å²) in [5.41, 5.74) is 0.604. The first kappa shape index (κ1) is 17.9. The Bertz CT molecular complexity index is 354. The van der Waals surface area contributed by atoms with Gasteiger partial charge in [0.15, 0.2) is 0 Å². The van der Waals surface area contributed by atoms with E-state index in [4.69, 9.17) is 4.74 Å². The molecular formula is C15H24ClNO2. The number of nitrogens with one attached hydrogen (secondary N) is 1. The van der Waals surface area contributed by atoms with Crippen LogP contribution in [0.5, 0.6) is 0 Å². The Hall–Kier alpha value is -1.06. The lowest BCUT2D eigenvalue weighted by atomic mass is 10.1. The molecule has 0 aliphatic heterocycles. The molecule has 3 nitrogen and oxygen atoms in total. The standard InChI is InChI=1S/C15H23NO2.ClH/c1-12(2)11-13(3)16-9-10-18-15(17)14-7-5-4-6-8-14;/h4-8,12-13,16H,9-11H2,1-3H3;1H. The largest absolute Gasteiger partial charge is 0.461 e. The van der Waals surface area contributed by atoms with E-state index in [2.05, 4.69) is 26.1 Å². The van der Waals surface area contributed by atoms with Crippen molar-refractivity contribution in [1.82, 2.24) is 5.32 Å². The van der Waals surface area contributed by atoms with Crippen molar-refractivity contribution in [3.63, 3.8) is 0 Å². The molecule has 1 unspecified atom stereocenters. The van der Waals surface area contributed by atoms with Crippen LogP contribution in [-0.4, -0.2) is 25.2 Å². The predicted molar refractivity (Wildman–Crippen MR) is 80.9 cm³/mol. The number of hydrogen-bond acceptors (Lipinski definition) is 3. The van der Waals surface area contributed by atoms with Crippen LogP contribution in [0, 0.1) is 5.92 Å². The fraction of sp³-hybridized carbons (Fsp3) is 0.533. The molecule has 19 heavy (non-hydrogen) atoms. The number of halogens is 1. The fourth-order valence-electron chi connectivity index (χ4n) is 1.90. The van der Waals surface area contributed by atoms with E-state index in [1.807, 2.05) is 18.2 Å². The zero-order valence-corrected chi connectivity index (χ0v) is 12.7. The minimum Gasteiger partial charge on any atom is -0.461 e. The van der Waals surface area contributed by atoms with Gasteiger partial charge in [0, 0.05) is 12.6 Å². The molecule has 4 heteroatoms. The van der Waals surface area contributed by atoms with Crippen LogP contribution in [-0.2, 0) is 4.74 Å². The third kappa shape index (κ3) is 7.85. The summed E-state index contributed by atoms with van der Waals surface area (Å²) in [6.07, 6.45) is 1.13. The smallest absolute Gasteiger partial charge is 0.338 e. The molecule has 108 valence electrons. The average molecular weight is 286 g/mol. The second kappa shape index (κ2) is 9.82. The normalized spacial score (nSPS) is 11.8. The van der Waals surface area contributed by atoms with E-state index < -0.39 is 0 Å². The molecule has 0 fully saturated rings. The van der Waals surface area contributed by atoms with Gasteiger partial charge in [0.2, 0.25) is 0 Å². The fourth-order valence-corrected chi connectivity index (χ4v) is 1.90. The summed E-state index contributed by atoms with van der Waals surface area (Å²) in [5, 5.41) is 3.34. The number of rotatable bonds is 7. The van der Waals surface area contributed by atoms with Gasteiger partial charge in [-0.3, -0.25) is 0 Å². The molecule has 1 rings (SSSR count). The minimum atomic E-state index is -0.256. The lowest BCUT2D eigenvalue weighted by molar-refractivity contribution is 0.0505. The second-order valence-electron chi connectivity index (χ2n) is 4.99. The van der Waals surface area contributed by atoms with Crippen LogP contribution in [0.2, 0.25) is 0 Å². The van der Waals surface area contributed by atoms with E-state index in [-0.39, 0.29) is 18.4 Å². The van der Waals surface area contributed by atoms with Crippen LogP contribution in [0.4, 0.5) is 0 Å². The molecule has 0 bridgehead atoms. The van der Waals surface area contributed by atoms with Crippen molar-refractivity contribution in [2.24, 2.45) is 5.92 Å². The molecule has 1 N–H and O–H groups in total. The average Bonchev–Trinajstić information content (AvgIpc) is 2.34. The topological polar surface area (TPSA) is 38.3 Å². The summed E-state index contributed by atoms with van der Waals surface area (Å²) in [5.74, 6) is 0.424. The molecule has 0 spiro atoms. The van der Waals surface area contributed by atoms with Gasteiger partial charge < -0.3 is 10.1 Å². The van der Waals surface area contributed by atoms with Gasteiger partial charge in [-0.15, -0.1) is 12.4 Å². The Kier molecular flexibility index (Phi) is 9.27. The highest BCUT2D eigenvalue weighted by atomic mass is 35.5. The molecule has 0 radical (unpaired) electrons. The van der Waals surface area contributed by atoms with E-state index >= 15 is 0 Å². The van der Waals surface area contributed by atoms with Crippen LogP contribution < -0.4 is 5.32 Å². The van der Waals surface area contributed by atoms with Crippen molar-refractivity contribution >= 4 is 18.4 Å². The van der Waals surface area contributed by atoms with E-state index in [0.717, 1.165) is 6.42 Å². The van der Waals surface area contributed by atoms with Gasteiger partial charge in [0.1, 0.15) is 6.61 Å². The molecule has 1 atom stereocenters. The van der Waals surface area contributed by atoms with Gasteiger partial charge in [-0.05, 0) is 31.4 Å². The number of hydrogen-bond donors (Lipinski definition) is 1. The lowest BCUT2D eigenvalue weighted by Gasteiger charge is -2.15. The van der Waals surface area contributed by atoms with Gasteiger partial charge in [-0.2, -0.15) is 0 Å². The molecule has 0 amide bonds. The minimum absolute atomic E-state index is 0. The summed E-state index contributed by atoms with van der Waals surface area (Å²) in [7, 11) is 0. The van der Waals surface area contributed by atoms with Gasteiger partial charge in [-0.25, -0.2) is 4.79 Å². The van der Waals surface area contributed by atoms with Crippen molar-refractivity contribution in [2.75, 3.05) is 13.2 Å². The maximum absolute atomic E-state index is 11.6. The zero-order chi connectivity index (χ0) is 13.4. The van der Waals surface area contributed by atoms with E-state index in [9.17, 15) is 4.79 Å². The van der Waals surface area contributed by atoms with Crippen LogP contribution in [0.25, 0.3) is 0 Å². The summed E-state index contributed by atoms with van der Waals surface area (Å²) >= 11 is 0. The number of esters is 1. The maximum atomic E-state index is 11.6. The molecular weight excluding hydrogens is 262 g/mol. The Balaban J connectivity index is 0.00000324. The maximum Gasteiger partial charge on any atom is 0.338 e. The van der Waals surface area contributed by atoms with Crippen molar-refractivity contribution in [2.45, 2.75) is 33.2 Å². The zero-order valence-electron chi connectivity index (χ0n) is 11.9. The lowest BCUT2D eigenvalue weighted by Crippen LogP contribution is -2.31. The molecule has 0 saturated carbocycles. The quantitative estimate of drug-likeness (QED) is 0.617. The van der Waals surface area contributed by atoms with Gasteiger partial charge in [-0.1, -0.05) is 32.0 Å². The Labute approximate surface area is 122 Å². The second-order valence-corrected chi connectivity index (χ2v) is 4.99. The first-order valence-corrected chi connectivity index (χ1v) is 6.55. The first-order valence-electron chi connectivity index (χ1n) is 6.55. The SMILES string of the molecule is CC(C)CC(C)NCCOC(=O)c1ccccc1.Cl. The van der Waals surface area contributed by atoms with Crippen LogP contribution in [0.3, 0.4) is 0 Å². The molecule has 0 aromatic heterocycles. The van der Waals surface area contributed by atoms with E-state index in [1.54, 1.807) is 12.1 Å². The Morgan fingerprint density at radius 2 is 1.84 bits per heavy atom. The van der Waals surface area contributed by atoms with Gasteiger partial charge in [0.25, 0.3) is 0 Å². The predicted octanol–water partition coefficient (Wildman–Crippen LogP) is 3.29. The highest BCUT2D eigenvalue weighted by Crippen LogP contribution is 2.03. The van der Waals surface area contributed by atoms with E-state index in [0.29, 0.717) is 30.7 Å². The van der Waals surface area contributed by atoms with Crippen LogP contribution >= 0.6 is 12.4 Å². The highest BCUT2D eigenvalue weighted by Gasteiger charge is 2.07. The molecule has 1 aromatic carbocycles. The number of carbonyl (C=O) groups excluding carboxylic acids is 1. The van der Waals surface area contributed by atoms with Gasteiger partial charge >= 0.3 is 5.97 Å². The molecule has 0 heterocycles.